The summed E-state index contributed by atoms with van der Waals surface area (Å²) in [6.45, 7) is 8.24. The van der Waals surface area contributed by atoms with E-state index in [0.717, 1.165) is 66.5 Å². The van der Waals surface area contributed by atoms with Crippen LogP contribution in [0.4, 0.5) is 5.13 Å². The number of nitrogens with zero attached hydrogens (tertiary/aromatic N) is 3. The highest BCUT2D eigenvalue weighted by Gasteiger charge is 2.45. The van der Waals surface area contributed by atoms with Crippen LogP contribution in [0.5, 0.6) is 0 Å². The second-order valence-corrected chi connectivity index (χ2v) is 10.3. The van der Waals surface area contributed by atoms with Crippen molar-refractivity contribution < 1.29 is 0 Å². The first-order valence-corrected chi connectivity index (χ1v) is 10.9. The van der Waals surface area contributed by atoms with Gasteiger partial charge in [0.1, 0.15) is 5.82 Å². The minimum atomic E-state index is -0.167. The van der Waals surface area contributed by atoms with Gasteiger partial charge in [0.2, 0.25) is 0 Å². The second-order valence-electron chi connectivity index (χ2n) is 9.26. The molecule has 2 aliphatic rings. The van der Waals surface area contributed by atoms with Gasteiger partial charge in [0.15, 0.2) is 5.13 Å². The fourth-order valence-corrected chi connectivity index (χ4v) is 5.68. The Labute approximate surface area is 168 Å². The van der Waals surface area contributed by atoms with Crippen LogP contribution in [-0.2, 0) is 17.3 Å². The average molecular weight is 395 g/mol. The Morgan fingerprint density at radius 3 is 2.79 bits per heavy atom. The lowest BCUT2D eigenvalue weighted by Gasteiger charge is -2.40. The summed E-state index contributed by atoms with van der Waals surface area (Å²) in [5, 5.41) is 1.09. The van der Waals surface area contributed by atoms with Crippen LogP contribution in [0.2, 0.25) is 0 Å². The lowest BCUT2D eigenvalue weighted by atomic mass is 9.77. The first-order chi connectivity index (χ1) is 13.4. The highest BCUT2D eigenvalue weighted by molar-refractivity contribution is 7.22. The molecule has 0 radical (unpaired) electrons. The highest BCUT2D eigenvalue weighted by atomic mass is 32.1. The molecule has 1 spiro atoms. The number of aromatic nitrogens is 3. The summed E-state index contributed by atoms with van der Waals surface area (Å²) >= 11 is 1.76. The molecular weight excluding hydrogens is 368 g/mol. The van der Waals surface area contributed by atoms with E-state index in [1.54, 1.807) is 11.3 Å². The van der Waals surface area contributed by atoms with E-state index in [4.69, 9.17) is 9.97 Å². The van der Waals surface area contributed by atoms with Crippen molar-refractivity contribution in [2.75, 3.05) is 18.0 Å². The topological polar surface area (TPSA) is 61.9 Å². The smallest absolute Gasteiger partial charge is 0.254 e. The number of rotatable bonds is 1. The first-order valence-electron chi connectivity index (χ1n) is 10.1. The molecule has 0 bridgehead atoms. The van der Waals surface area contributed by atoms with Crippen LogP contribution >= 0.6 is 11.3 Å². The number of piperidine rings is 1. The van der Waals surface area contributed by atoms with Gasteiger partial charge < -0.3 is 9.88 Å². The molecule has 2 aromatic heterocycles. The number of aromatic amines is 1. The number of fused-ring (bicyclic) bond motifs is 3. The second kappa shape index (κ2) is 6.14. The van der Waals surface area contributed by atoms with E-state index in [-0.39, 0.29) is 16.4 Å². The van der Waals surface area contributed by atoms with E-state index in [1.807, 2.05) is 6.07 Å². The molecule has 5 rings (SSSR count). The molecule has 3 heterocycles. The fraction of sp³-hybridized carbons (Fsp3) is 0.500. The first kappa shape index (κ1) is 17.9. The predicted octanol–water partition coefficient (Wildman–Crippen LogP) is 4.16. The number of hydrogen-bond acceptors (Lipinski definition) is 5. The molecule has 5 nitrogen and oxygen atoms in total. The number of thiazole rings is 1. The Hall–Kier alpha value is -2.21. The maximum atomic E-state index is 12.8. The molecule has 1 fully saturated rings. The van der Waals surface area contributed by atoms with Gasteiger partial charge in [0.25, 0.3) is 5.56 Å². The van der Waals surface area contributed by atoms with Crippen molar-refractivity contribution in [2.24, 2.45) is 0 Å². The molecule has 3 aromatic rings. The summed E-state index contributed by atoms with van der Waals surface area (Å²) in [5.41, 5.74) is 2.88. The lowest BCUT2D eigenvalue weighted by molar-refractivity contribution is 0.332. The number of nitrogens with one attached hydrogen (secondary N) is 1. The molecule has 1 aliphatic heterocycles. The average Bonchev–Trinajstić information content (AvgIpc) is 3.24. The minimum absolute atomic E-state index is 0.0281. The van der Waals surface area contributed by atoms with Crippen molar-refractivity contribution in [3.63, 3.8) is 0 Å². The van der Waals surface area contributed by atoms with Crippen LogP contribution in [0, 0.1) is 0 Å². The van der Waals surface area contributed by atoms with Gasteiger partial charge in [-0.1, -0.05) is 44.2 Å². The van der Waals surface area contributed by atoms with E-state index in [9.17, 15) is 4.79 Å². The molecule has 1 unspecified atom stereocenters. The van der Waals surface area contributed by atoms with Crippen LogP contribution < -0.4 is 10.5 Å². The predicted molar refractivity (Wildman–Crippen MR) is 115 cm³/mol. The molecule has 6 heteroatoms. The van der Waals surface area contributed by atoms with E-state index in [1.165, 1.54) is 4.70 Å². The quantitative estimate of drug-likeness (QED) is 0.673. The van der Waals surface area contributed by atoms with Crippen molar-refractivity contribution in [1.29, 1.82) is 0 Å². The van der Waals surface area contributed by atoms with Crippen molar-refractivity contribution in [1.82, 2.24) is 15.0 Å². The largest absolute Gasteiger partial charge is 0.347 e. The van der Waals surface area contributed by atoms with Gasteiger partial charge >= 0.3 is 0 Å². The lowest BCUT2D eigenvalue weighted by Crippen LogP contribution is -2.46. The molecule has 0 saturated carbocycles. The summed E-state index contributed by atoms with van der Waals surface area (Å²) in [4.78, 5) is 28.1. The molecule has 1 saturated heterocycles. The van der Waals surface area contributed by atoms with Gasteiger partial charge in [0.05, 0.1) is 15.9 Å². The summed E-state index contributed by atoms with van der Waals surface area (Å²) in [5.74, 6) is 0.801. The van der Waals surface area contributed by atoms with Crippen LogP contribution in [0.1, 0.15) is 57.1 Å². The maximum absolute atomic E-state index is 12.8. The summed E-state index contributed by atoms with van der Waals surface area (Å²) in [7, 11) is 0. The molecule has 1 aromatic carbocycles. The van der Waals surface area contributed by atoms with Gasteiger partial charge in [-0.15, -0.1) is 0 Å². The summed E-state index contributed by atoms with van der Waals surface area (Å²) in [6, 6.07) is 8.33. The molecule has 1 N–H and O–H groups in total. The Morgan fingerprint density at radius 1 is 1.18 bits per heavy atom. The summed E-state index contributed by atoms with van der Waals surface area (Å²) in [6.07, 6.45) is 4.04. The van der Waals surface area contributed by atoms with E-state index >= 15 is 0 Å². The third-order valence-electron chi connectivity index (χ3n) is 6.21. The van der Waals surface area contributed by atoms with Crippen molar-refractivity contribution in [2.45, 2.75) is 57.3 Å². The zero-order valence-electron chi connectivity index (χ0n) is 16.7. The molecular formula is C22H26N4OS. The van der Waals surface area contributed by atoms with Crippen LogP contribution in [0.25, 0.3) is 10.2 Å². The Morgan fingerprint density at radius 2 is 2.00 bits per heavy atom. The minimum Gasteiger partial charge on any atom is -0.347 e. The third kappa shape index (κ3) is 2.77. The zero-order valence-corrected chi connectivity index (χ0v) is 17.5. The van der Waals surface area contributed by atoms with Gasteiger partial charge in [-0.3, -0.25) is 4.79 Å². The number of benzene rings is 1. The Kier molecular flexibility index (Phi) is 3.92. The third-order valence-corrected chi connectivity index (χ3v) is 7.31. The monoisotopic (exact) mass is 394 g/mol. The van der Waals surface area contributed by atoms with Crippen LogP contribution in [-0.4, -0.2) is 28.0 Å². The van der Waals surface area contributed by atoms with Crippen LogP contribution in [0.3, 0.4) is 0 Å². The standard InChI is InChI=1S/C22H26N4OS/c1-21(2,3)19-24-17-14(18(27)25-19)9-11-22(17)10-6-12-26(13-22)20-23-15-7-4-5-8-16(15)28-20/h4-5,7-8H,6,9-13H2,1-3H3,(H,24,25,27). The fourth-order valence-electron chi connectivity index (χ4n) is 4.69. The number of hydrogen-bond donors (Lipinski definition) is 1. The number of H-pyrrole nitrogens is 1. The number of para-hydroxylation sites is 1. The van der Waals surface area contributed by atoms with Crippen LogP contribution in [0.15, 0.2) is 29.1 Å². The molecule has 1 atom stereocenters. The van der Waals surface area contributed by atoms with Crippen molar-refractivity contribution in [3.8, 4) is 0 Å². The van der Waals surface area contributed by atoms with E-state index in [2.05, 4.69) is 48.9 Å². The van der Waals surface area contributed by atoms with Crippen molar-refractivity contribution in [3.05, 3.63) is 51.7 Å². The van der Waals surface area contributed by atoms with E-state index in [0.29, 0.717) is 0 Å². The highest BCUT2D eigenvalue weighted by Crippen LogP contribution is 2.45. The maximum Gasteiger partial charge on any atom is 0.254 e. The van der Waals surface area contributed by atoms with Gasteiger partial charge in [0, 0.05) is 29.5 Å². The molecule has 0 amide bonds. The SMILES string of the molecule is CC(C)(C)c1nc2c(c(=O)[nH]1)CCC21CCCN(c2nc3ccccc3s2)C1. The van der Waals surface area contributed by atoms with Gasteiger partial charge in [-0.2, -0.15) is 0 Å². The van der Waals surface area contributed by atoms with Gasteiger partial charge in [-0.25, -0.2) is 9.97 Å². The number of anilines is 1. The Bertz CT molecular complexity index is 1080. The normalized spacial score (nSPS) is 22.2. The van der Waals surface area contributed by atoms with Gasteiger partial charge in [-0.05, 0) is 37.8 Å². The molecule has 1 aliphatic carbocycles. The zero-order chi connectivity index (χ0) is 19.5. The van der Waals surface area contributed by atoms with E-state index < -0.39 is 0 Å². The molecule has 28 heavy (non-hydrogen) atoms. The van der Waals surface area contributed by atoms with Crippen molar-refractivity contribution >= 4 is 26.7 Å². The Balaban J connectivity index is 1.55. The summed E-state index contributed by atoms with van der Waals surface area (Å²) < 4.78 is 1.23. The molecule has 146 valence electrons.